The third-order valence-corrected chi connectivity index (χ3v) is 2.69. The lowest BCUT2D eigenvalue weighted by atomic mass is 10.3. The van der Waals surface area contributed by atoms with Crippen molar-refractivity contribution in [3.05, 3.63) is 42.6 Å². The number of fused-ring (bicyclic) bond motifs is 1. The van der Waals surface area contributed by atoms with Gasteiger partial charge in [-0.25, -0.2) is 4.98 Å². The van der Waals surface area contributed by atoms with Crippen LogP contribution in [0.2, 0.25) is 0 Å². The molecule has 0 amide bonds. The van der Waals surface area contributed by atoms with Crippen LogP contribution in [0.5, 0.6) is 17.2 Å². The Labute approximate surface area is 111 Å². The number of hydrogen-bond acceptors (Lipinski definition) is 5. The maximum atomic E-state index is 5.63. The Kier molecular flexibility index (Phi) is 3.36. The third kappa shape index (κ3) is 2.88. The van der Waals surface area contributed by atoms with Crippen molar-refractivity contribution in [2.24, 2.45) is 0 Å². The van der Waals surface area contributed by atoms with Crippen LogP contribution >= 0.6 is 0 Å². The minimum atomic E-state index is 0.278. The molecule has 0 bridgehead atoms. The molecule has 0 spiro atoms. The fourth-order valence-electron chi connectivity index (χ4n) is 1.78. The fraction of sp³-hybridized carbons (Fsp3) is 0.214. The normalized spacial score (nSPS) is 12.2. The molecule has 0 fully saturated rings. The lowest BCUT2D eigenvalue weighted by molar-refractivity contribution is 0.174. The lowest BCUT2D eigenvalue weighted by Crippen LogP contribution is -2.12. The zero-order valence-electron chi connectivity index (χ0n) is 10.3. The maximum Gasteiger partial charge on any atom is 0.231 e. The first-order valence-electron chi connectivity index (χ1n) is 6.09. The maximum absolute atomic E-state index is 5.63. The Morgan fingerprint density at radius 3 is 3.00 bits per heavy atom. The average Bonchev–Trinajstić information content (AvgIpc) is 2.92. The van der Waals surface area contributed by atoms with E-state index >= 15 is 0 Å². The molecule has 1 aliphatic rings. The summed E-state index contributed by atoms with van der Waals surface area (Å²) >= 11 is 0. The van der Waals surface area contributed by atoms with E-state index in [0.717, 1.165) is 23.1 Å². The van der Waals surface area contributed by atoms with E-state index in [2.05, 4.69) is 10.3 Å². The van der Waals surface area contributed by atoms with Gasteiger partial charge in [0.15, 0.2) is 11.5 Å². The van der Waals surface area contributed by atoms with Gasteiger partial charge in [0.1, 0.15) is 18.2 Å². The van der Waals surface area contributed by atoms with E-state index in [1.165, 1.54) is 0 Å². The standard InChI is InChI=1S/C14H14N2O3/c1-2-6-15-14(3-1)16-7-8-17-11-4-5-12-13(9-11)19-10-18-12/h1-6,9H,7-8,10H2,(H,15,16). The first-order chi connectivity index (χ1) is 9.42. The number of nitrogens with zero attached hydrogens (tertiary/aromatic N) is 1. The van der Waals surface area contributed by atoms with Crippen LogP contribution in [0, 0.1) is 0 Å². The summed E-state index contributed by atoms with van der Waals surface area (Å²) < 4.78 is 16.2. The number of hydrogen-bond donors (Lipinski definition) is 1. The zero-order valence-corrected chi connectivity index (χ0v) is 10.3. The van der Waals surface area contributed by atoms with Crippen molar-refractivity contribution in [1.29, 1.82) is 0 Å². The zero-order chi connectivity index (χ0) is 12.9. The van der Waals surface area contributed by atoms with E-state index in [1.54, 1.807) is 6.20 Å². The molecule has 0 radical (unpaired) electrons. The first kappa shape index (κ1) is 11.6. The number of benzene rings is 1. The van der Waals surface area contributed by atoms with Gasteiger partial charge >= 0.3 is 0 Å². The van der Waals surface area contributed by atoms with Crippen molar-refractivity contribution in [3.8, 4) is 17.2 Å². The summed E-state index contributed by atoms with van der Waals surface area (Å²) in [6.45, 7) is 1.52. The van der Waals surface area contributed by atoms with Crippen LogP contribution in [0.1, 0.15) is 0 Å². The molecule has 2 heterocycles. The van der Waals surface area contributed by atoms with Gasteiger partial charge in [-0.2, -0.15) is 0 Å². The summed E-state index contributed by atoms with van der Waals surface area (Å²) in [5.74, 6) is 3.11. The number of nitrogens with one attached hydrogen (secondary N) is 1. The molecule has 2 aromatic rings. The van der Waals surface area contributed by atoms with Crippen LogP contribution in [0.4, 0.5) is 5.82 Å². The van der Waals surface area contributed by atoms with Gasteiger partial charge in [0.25, 0.3) is 0 Å². The van der Waals surface area contributed by atoms with Crippen LogP contribution in [0.25, 0.3) is 0 Å². The highest BCUT2D eigenvalue weighted by molar-refractivity contribution is 5.46. The third-order valence-electron chi connectivity index (χ3n) is 2.69. The van der Waals surface area contributed by atoms with Crippen LogP contribution < -0.4 is 19.5 Å². The minimum absolute atomic E-state index is 0.278. The van der Waals surface area contributed by atoms with Gasteiger partial charge in [0.05, 0.1) is 6.54 Å². The van der Waals surface area contributed by atoms with Crippen molar-refractivity contribution in [1.82, 2.24) is 4.98 Å². The van der Waals surface area contributed by atoms with E-state index < -0.39 is 0 Å². The Hall–Kier alpha value is -2.43. The van der Waals surface area contributed by atoms with Crippen molar-refractivity contribution in [2.45, 2.75) is 0 Å². The minimum Gasteiger partial charge on any atom is -0.492 e. The van der Waals surface area contributed by atoms with E-state index in [0.29, 0.717) is 13.2 Å². The average molecular weight is 258 g/mol. The quantitative estimate of drug-likeness (QED) is 0.834. The SMILES string of the molecule is c1ccc(NCCOc2ccc3c(c2)OCO3)nc1. The summed E-state index contributed by atoms with van der Waals surface area (Å²) in [5.41, 5.74) is 0. The highest BCUT2D eigenvalue weighted by Gasteiger charge is 2.13. The molecule has 0 saturated heterocycles. The Balaban J connectivity index is 1.48. The molecular formula is C14H14N2O3. The number of aromatic nitrogens is 1. The Morgan fingerprint density at radius 1 is 1.16 bits per heavy atom. The highest BCUT2D eigenvalue weighted by Crippen LogP contribution is 2.34. The molecule has 3 rings (SSSR count). The Bertz CT molecular complexity index is 546. The van der Waals surface area contributed by atoms with Gasteiger partial charge in [-0.1, -0.05) is 6.07 Å². The van der Waals surface area contributed by atoms with Crippen LogP contribution in [-0.4, -0.2) is 24.9 Å². The number of ether oxygens (including phenoxy) is 3. The van der Waals surface area contributed by atoms with Crippen molar-refractivity contribution in [2.75, 3.05) is 25.3 Å². The summed E-state index contributed by atoms with van der Waals surface area (Å²) in [7, 11) is 0. The van der Waals surface area contributed by atoms with Gasteiger partial charge in [0, 0.05) is 12.3 Å². The molecule has 98 valence electrons. The van der Waals surface area contributed by atoms with Crippen molar-refractivity contribution >= 4 is 5.82 Å². The predicted molar refractivity (Wildman–Crippen MR) is 70.8 cm³/mol. The summed E-state index contributed by atoms with van der Waals surface area (Å²) in [6.07, 6.45) is 1.75. The summed E-state index contributed by atoms with van der Waals surface area (Å²) in [5, 5.41) is 3.18. The number of rotatable bonds is 5. The molecule has 5 heteroatoms. The molecule has 0 unspecified atom stereocenters. The lowest BCUT2D eigenvalue weighted by Gasteiger charge is -2.08. The van der Waals surface area contributed by atoms with Crippen molar-refractivity contribution in [3.63, 3.8) is 0 Å². The molecule has 1 aliphatic heterocycles. The summed E-state index contributed by atoms with van der Waals surface area (Å²) in [6, 6.07) is 11.3. The second kappa shape index (κ2) is 5.48. The molecule has 5 nitrogen and oxygen atoms in total. The summed E-state index contributed by atoms with van der Waals surface area (Å²) in [4.78, 5) is 4.17. The number of pyridine rings is 1. The van der Waals surface area contributed by atoms with E-state index in [-0.39, 0.29) is 6.79 Å². The molecule has 0 saturated carbocycles. The molecule has 1 aromatic heterocycles. The second-order valence-electron chi connectivity index (χ2n) is 4.01. The van der Waals surface area contributed by atoms with E-state index in [9.17, 15) is 0 Å². The van der Waals surface area contributed by atoms with E-state index in [1.807, 2.05) is 36.4 Å². The molecule has 1 N–H and O–H groups in total. The largest absolute Gasteiger partial charge is 0.492 e. The molecule has 0 atom stereocenters. The van der Waals surface area contributed by atoms with Gasteiger partial charge in [0.2, 0.25) is 6.79 Å². The second-order valence-corrected chi connectivity index (χ2v) is 4.01. The molecular weight excluding hydrogens is 244 g/mol. The topological polar surface area (TPSA) is 52.6 Å². The van der Waals surface area contributed by atoms with Crippen molar-refractivity contribution < 1.29 is 14.2 Å². The molecule has 1 aromatic carbocycles. The Morgan fingerprint density at radius 2 is 2.11 bits per heavy atom. The van der Waals surface area contributed by atoms with Crippen LogP contribution in [0.15, 0.2) is 42.6 Å². The monoisotopic (exact) mass is 258 g/mol. The highest BCUT2D eigenvalue weighted by atomic mass is 16.7. The molecule has 0 aliphatic carbocycles. The van der Waals surface area contributed by atoms with Crippen LogP contribution in [0.3, 0.4) is 0 Å². The smallest absolute Gasteiger partial charge is 0.231 e. The number of anilines is 1. The van der Waals surface area contributed by atoms with E-state index in [4.69, 9.17) is 14.2 Å². The first-order valence-corrected chi connectivity index (χ1v) is 6.09. The fourth-order valence-corrected chi connectivity index (χ4v) is 1.78. The van der Waals surface area contributed by atoms with Gasteiger partial charge in [-0.3, -0.25) is 0 Å². The molecule has 19 heavy (non-hydrogen) atoms. The van der Waals surface area contributed by atoms with Gasteiger partial charge in [-0.05, 0) is 24.3 Å². The van der Waals surface area contributed by atoms with Gasteiger partial charge < -0.3 is 19.5 Å². The predicted octanol–water partition coefficient (Wildman–Crippen LogP) is 2.30. The van der Waals surface area contributed by atoms with Gasteiger partial charge in [-0.15, -0.1) is 0 Å². The van der Waals surface area contributed by atoms with Crippen LogP contribution in [-0.2, 0) is 0 Å².